The van der Waals surface area contributed by atoms with Crippen molar-refractivity contribution < 1.29 is 28.3 Å². The fourth-order valence-corrected chi connectivity index (χ4v) is 3.47. The van der Waals surface area contributed by atoms with Crippen LogP contribution in [0.2, 0.25) is 0 Å². The highest BCUT2D eigenvalue weighted by molar-refractivity contribution is 5.96. The van der Waals surface area contributed by atoms with Gasteiger partial charge in [-0.05, 0) is 41.2 Å². The summed E-state index contributed by atoms with van der Waals surface area (Å²) in [7, 11) is 3.09. The number of aromatic nitrogens is 2. The smallest absolute Gasteiger partial charge is 0.329 e. The first-order chi connectivity index (χ1) is 17.0. The van der Waals surface area contributed by atoms with Gasteiger partial charge in [0.25, 0.3) is 11.8 Å². The second-order valence-electron chi connectivity index (χ2n) is 9.71. The van der Waals surface area contributed by atoms with Crippen molar-refractivity contribution in [1.82, 2.24) is 15.5 Å². The Bertz CT molecular complexity index is 1190. The van der Waals surface area contributed by atoms with Crippen molar-refractivity contribution in [3.05, 3.63) is 59.5 Å². The van der Waals surface area contributed by atoms with Gasteiger partial charge in [0.2, 0.25) is 5.82 Å². The molecule has 9 nitrogen and oxygen atoms in total. The van der Waals surface area contributed by atoms with Gasteiger partial charge in [0.1, 0.15) is 17.5 Å². The van der Waals surface area contributed by atoms with Gasteiger partial charge in [-0.2, -0.15) is 4.98 Å². The van der Waals surface area contributed by atoms with E-state index in [4.69, 9.17) is 18.7 Å². The summed E-state index contributed by atoms with van der Waals surface area (Å²) in [6, 6.07) is 11.7. The van der Waals surface area contributed by atoms with E-state index < -0.39 is 12.0 Å². The highest BCUT2D eigenvalue weighted by Gasteiger charge is 2.27. The number of carbonyl (C=O) groups excluding carboxylic acids is 2. The van der Waals surface area contributed by atoms with Gasteiger partial charge in [0, 0.05) is 11.6 Å². The fraction of sp³-hybridized carbons (Fsp3) is 0.407. The number of esters is 1. The number of hydrogen-bond acceptors (Lipinski definition) is 8. The first kappa shape index (κ1) is 26.7. The molecule has 1 N–H and O–H groups in total. The number of benzene rings is 2. The third-order valence-electron chi connectivity index (χ3n) is 5.68. The molecule has 1 heterocycles. The number of methoxy groups -OCH3 is 2. The van der Waals surface area contributed by atoms with Crippen LogP contribution in [0.3, 0.4) is 0 Å². The molecule has 0 saturated carbocycles. The quantitative estimate of drug-likeness (QED) is 0.430. The minimum Gasteiger partial charge on any atom is -0.497 e. The molecule has 1 unspecified atom stereocenters. The van der Waals surface area contributed by atoms with E-state index in [-0.39, 0.29) is 35.6 Å². The molecule has 1 atom stereocenters. The van der Waals surface area contributed by atoms with Crippen molar-refractivity contribution in [3.63, 3.8) is 0 Å². The third-order valence-corrected chi connectivity index (χ3v) is 5.68. The number of hydrogen-bond donors (Lipinski definition) is 1. The van der Waals surface area contributed by atoms with Crippen molar-refractivity contribution in [2.45, 2.75) is 52.7 Å². The maximum atomic E-state index is 12.8. The average Bonchev–Trinajstić information content (AvgIpc) is 3.33. The standard InChI is InChI=1S/C27H33N3O6/c1-16(2)23(29-25(31)17-8-10-18(11-9-17)27(3,4)5)26(32)35-15-22-28-24(30-36-22)20-13-12-19(33-6)14-21(20)34-7/h8-14,16,23H,15H2,1-7H3,(H,29,31). The Morgan fingerprint density at radius 3 is 2.31 bits per heavy atom. The predicted molar refractivity (Wildman–Crippen MR) is 134 cm³/mol. The predicted octanol–water partition coefficient (Wildman–Crippen LogP) is 4.55. The molecule has 0 radical (unpaired) electrons. The molecule has 192 valence electrons. The molecule has 0 aliphatic rings. The van der Waals surface area contributed by atoms with Crippen molar-refractivity contribution in [2.24, 2.45) is 5.92 Å². The number of nitrogens with one attached hydrogen (secondary N) is 1. The van der Waals surface area contributed by atoms with Crippen LogP contribution in [0.15, 0.2) is 47.0 Å². The number of ether oxygens (including phenoxy) is 3. The molecule has 0 fully saturated rings. The van der Waals surface area contributed by atoms with Crippen LogP contribution in [-0.2, 0) is 21.6 Å². The van der Waals surface area contributed by atoms with Crippen molar-refractivity contribution in [3.8, 4) is 22.9 Å². The van der Waals surface area contributed by atoms with Gasteiger partial charge >= 0.3 is 5.97 Å². The van der Waals surface area contributed by atoms with Gasteiger partial charge in [0.15, 0.2) is 6.61 Å². The first-order valence-electron chi connectivity index (χ1n) is 11.7. The number of carbonyl (C=O) groups is 2. The average molecular weight is 496 g/mol. The molecule has 2 aromatic carbocycles. The highest BCUT2D eigenvalue weighted by atomic mass is 16.6. The maximum absolute atomic E-state index is 12.8. The summed E-state index contributed by atoms with van der Waals surface area (Å²) in [5, 5.41) is 6.73. The Labute approximate surface area is 211 Å². The lowest BCUT2D eigenvalue weighted by molar-refractivity contribution is -0.149. The Morgan fingerprint density at radius 1 is 1.03 bits per heavy atom. The second-order valence-corrected chi connectivity index (χ2v) is 9.71. The largest absolute Gasteiger partial charge is 0.497 e. The zero-order chi connectivity index (χ0) is 26.5. The summed E-state index contributed by atoms with van der Waals surface area (Å²) in [4.78, 5) is 29.9. The number of rotatable bonds is 9. The molecule has 1 amide bonds. The van der Waals surface area contributed by atoms with E-state index >= 15 is 0 Å². The monoisotopic (exact) mass is 495 g/mol. The lowest BCUT2D eigenvalue weighted by Gasteiger charge is -2.21. The fourth-order valence-electron chi connectivity index (χ4n) is 3.47. The van der Waals surface area contributed by atoms with Crippen LogP contribution in [0.1, 0.15) is 56.4 Å². The SMILES string of the molecule is COc1ccc(-c2noc(COC(=O)C(NC(=O)c3ccc(C(C)(C)C)cc3)C(C)C)n2)c(OC)c1. The first-order valence-corrected chi connectivity index (χ1v) is 11.7. The number of amides is 1. The van der Waals surface area contributed by atoms with Crippen LogP contribution < -0.4 is 14.8 Å². The summed E-state index contributed by atoms with van der Waals surface area (Å²) in [5.41, 5.74) is 2.16. The molecule has 3 rings (SSSR count). The van der Waals surface area contributed by atoms with E-state index in [0.29, 0.717) is 22.6 Å². The molecule has 0 aliphatic carbocycles. The third kappa shape index (κ3) is 6.41. The topological polar surface area (TPSA) is 113 Å². The van der Waals surface area contributed by atoms with Gasteiger partial charge in [0.05, 0.1) is 19.8 Å². The van der Waals surface area contributed by atoms with E-state index in [1.54, 1.807) is 37.4 Å². The van der Waals surface area contributed by atoms with Crippen LogP contribution in [0.4, 0.5) is 0 Å². The van der Waals surface area contributed by atoms with Gasteiger partial charge in [-0.3, -0.25) is 4.79 Å². The summed E-state index contributed by atoms with van der Waals surface area (Å²) in [6.45, 7) is 9.74. The van der Waals surface area contributed by atoms with Gasteiger partial charge in [-0.1, -0.05) is 51.9 Å². The Balaban J connectivity index is 1.64. The Morgan fingerprint density at radius 2 is 1.72 bits per heavy atom. The number of nitrogens with zero attached hydrogens (tertiary/aromatic N) is 2. The maximum Gasteiger partial charge on any atom is 0.329 e. The van der Waals surface area contributed by atoms with Crippen LogP contribution in [0.5, 0.6) is 11.5 Å². The minimum atomic E-state index is -0.844. The van der Waals surface area contributed by atoms with Crippen molar-refractivity contribution in [2.75, 3.05) is 14.2 Å². The van der Waals surface area contributed by atoms with Gasteiger partial charge in [-0.25, -0.2) is 4.79 Å². The zero-order valence-corrected chi connectivity index (χ0v) is 21.7. The van der Waals surface area contributed by atoms with Crippen LogP contribution in [0.25, 0.3) is 11.4 Å². The molecule has 9 heteroatoms. The lowest BCUT2D eigenvalue weighted by atomic mass is 9.86. The summed E-state index contributed by atoms with van der Waals surface area (Å²) in [5.74, 6) is 0.397. The van der Waals surface area contributed by atoms with E-state index in [1.807, 2.05) is 26.0 Å². The molecule has 3 aromatic rings. The zero-order valence-electron chi connectivity index (χ0n) is 21.7. The summed E-state index contributed by atoms with van der Waals surface area (Å²) in [6.07, 6.45) is 0. The van der Waals surface area contributed by atoms with Gasteiger partial charge in [-0.15, -0.1) is 0 Å². The van der Waals surface area contributed by atoms with Crippen LogP contribution >= 0.6 is 0 Å². The molecule has 0 bridgehead atoms. The van der Waals surface area contributed by atoms with Crippen molar-refractivity contribution >= 4 is 11.9 Å². The second kappa shape index (κ2) is 11.2. The molecule has 1 aromatic heterocycles. The molecular weight excluding hydrogens is 462 g/mol. The van der Waals surface area contributed by atoms with Crippen LogP contribution in [0, 0.1) is 5.92 Å². The molecule has 36 heavy (non-hydrogen) atoms. The van der Waals surface area contributed by atoms with E-state index in [0.717, 1.165) is 5.56 Å². The van der Waals surface area contributed by atoms with E-state index in [2.05, 4.69) is 36.2 Å². The Kier molecular flexibility index (Phi) is 8.34. The van der Waals surface area contributed by atoms with Gasteiger partial charge < -0.3 is 24.1 Å². The normalized spacial score (nSPS) is 12.2. The Hall–Kier alpha value is -3.88. The highest BCUT2D eigenvalue weighted by Crippen LogP contribution is 2.31. The van der Waals surface area contributed by atoms with Crippen molar-refractivity contribution in [1.29, 1.82) is 0 Å². The lowest BCUT2D eigenvalue weighted by Crippen LogP contribution is -2.45. The summed E-state index contributed by atoms with van der Waals surface area (Å²) < 4.78 is 21.2. The molecule has 0 spiro atoms. The molecule has 0 saturated heterocycles. The van der Waals surface area contributed by atoms with E-state index in [1.165, 1.54) is 7.11 Å². The molecular formula is C27H33N3O6. The molecule has 0 aliphatic heterocycles. The van der Waals surface area contributed by atoms with E-state index in [9.17, 15) is 9.59 Å². The minimum absolute atomic E-state index is 0.0214. The van der Waals surface area contributed by atoms with Crippen LogP contribution in [-0.4, -0.2) is 42.3 Å². The summed E-state index contributed by atoms with van der Waals surface area (Å²) >= 11 is 0.